The van der Waals surface area contributed by atoms with E-state index in [4.69, 9.17) is 9.15 Å². The van der Waals surface area contributed by atoms with Gasteiger partial charge < -0.3 is 19.8 Å². The van der Waals surface area contributed by atoms with Crippen LogP contribution in [0.5, 0.6) is 0 Å². The second-order valence-electron chi connectivity index (χ2n) is 6.18. The maximum Gasteiger partial charge on any atom is 0.315 e. The molecule has 0 aliphatic carbocycles. The van der Waals surface area contributed by atoms with Gasteiger partial charge in [0.05, 0.1) is 12.4 Å². The Labute approximate surface area is 153 Å². The van der Waals surface area contributed by atoms with Crippen molar-refractivity contribution in [2.75, 3.05) is 13.2 Å². The molecule has 5 nitrogen and oxygen atoms in total. The molecule has 0 bridgehead atoms. The van der Waals surface area contributed by atoms with E-state index in [1.54, 1.807) is 6.26 Å². The van der Waals surface area contributed by atoms with Crippen LogP contribution >= 0.6 is 0 Å². The summed E-state index contributed by atoms with van der Waals surface area (Å²) < 4.78 is 11.2. The second-order valence-corrected chi connectivity index (χ2v) is 6.18. The maximum atomic E-state index is 11.9. The van der Waals surface area contributed by atoms with Crippen LogP contribution in [0.15, 0.2) is 65.3 Å². The van der Waals surface area contributed by atoms with E-state index < -0.39 is 0 Å². The van der Waals surface area contributed by atoms with Crippen molar-refractivity contribution in [1.82, 2.24) is 10.6 Å². The van der Waals surface area contributed by atoms with Crippen molar-refractivity contribution in [2.45, 2.75) is 26.0 Å². The molecule has 1 unspecified atom stereocenters. The monoisotopic (exact) mass is 352 g/mol. The molecule has 1 atom stereocenters. The number of carbonyl (C=O) groups excluding carboxylic acids is 1. The third-order valence-electron chi connectivity index (χ3n) is 4.22. The van der Waals surface area contributed by atoms with Gasteiger partial charge in [0.2, 0.25) is 0 Å². The summed E-state index contributed by atoms with van der Waals surface area (Å²) in [6.07, 6.45) is 2.49. The Morgan fingerprint density at radius 1 is 1.12 bits per heavy atom. The van der Waals surface area contributed by atoms with E-state index in [1.807, 2.05) is 49.4 Å². The Bertz CT molecular complexity index is 829. The minimum Gasteiger partial charge on any atom is -0.464 e. The average molecular weight is 352 g/mol. The number of rotatable bonds is 8. The molecule has 1 heterocycles. The first-order valence-corrected chi connectivity index (χ1v) is 8.87. The number of fused-ring (bicyclic) bond motifs is 1. The summed E-state index contributed by atoms with van der Waals surface area (Å²) in [5.74, 6) is 0. The van der Waals surface area contributed by atoms with E-state index in [0.717, 1.165) is 28.5 Å². The van der Waals surface area contributed by atoms with Crippen LogP contribution in [0.1, 0.15) is 30.6 Å². The summed E-state index contributed by atoms with van der Waals surface area (Å²) in [6, 6.07) is 17.7. The first-order chi connectivity index (χ1) is 12.7. The number of nitrogens with one attached hydrogen (secondary N) is 2. The van der Waals surface area contributed by atoms with Crippen molar-refractivity contribution >= 4 is 17.0 Å². The summed E-state index contributed by atoms with van der Waals surface area (Å²) >= 11 is 0. The normalized spacial score (nSPS) is 12.0. The Hall–Kier alpha value is -2.79. The fraction of sp³-hybridized carbons (Fsp3) is 0.286. The number of hydrogen-bond acceptors (Lipinski definition) is 3. The fourth-order valence-electron chi connectivity index (χ4n) is 2.71. The number of benzene rings is 2. The zero-order valence-electron chi connectivity index (χ0n) is 14.9. The molecular formula is C21H24N2O3. The molecule has 5 heteroatoms. The van der Waals surface area contributed by atoms with Gasteiger partial charge in [-0.15, -0.1) is 0 Å². The first-order valence-electron chi connectivity index (χ1n) is 8.87. The van der Waals surface area contributed by atoms with Gasteiger partial charge in [-0.2, -0.15) is 0 Å². The molecule has 2 amide bonds. The van der Waals surface area contributed by atoms with Gasteiger partial charge in [0.25, 0.3) is 0 Å². The summed E-state index contributed by atoms with van der Waals surface area (Å²) in [7, 11) is 0. The van der Waals surface area contributed by atoms with Crippen LogP contribution in [0.2, 0.25) is 0 Å². The van der Waals surface area contributed by atoms with Gasteiger partial charge in [0.1, 0.15) is 5.58 Å². The predicted octanol–water partition coefficient (Wildman–Crippen LogP) is 4.40. The van der Waals surface area contributed by atoms with Crippen molar-refractivity contribution in [3.63, 3.8) is 0 Å². The van der Waals surface area contributed by atoms with Crippen LogP contribution in [0.4, 0.5) is 4.79 Å². The van der Waals surface area contributed by atoms with Gasteiger partial charge in [-0.25, -0.2) is 4.79 Å². The van der Waals surface area contributed by atoms with Gasteiger partial charge >= 0.3 is 6.03 Å². The molecular weight excluding hydrogens is 328 g/mol. The van der Waals surface area contributed by atoms with Gasteiger partial charge in [0, 0.05) is 25.1 Å². The first kappa shape index (κ1) is 18.0. The number of urea groups is 1. The Morgan fingerprint density at radius 2 is 1.96 bits per heavy atom. The molecule has 0 saturated carbocycles. The van der Waals surface area contributed by atoms with Gasteiger partial charge in [-0.1, -0.05) is 42.5 Å². The number of carbonyl (C=O) groups is 1. The zero-order chi connectivity index (χ0) is 18.2. The number of furan rings is 1. The van der Waals surface area contributed by atoms with Crippen LogP contribution in [0.3, 0.4) is 0 Å². The van der Waals surface area contributed by atoms with E-state index in [1.165, 1.54) is 0 Å². The Balaban J connectivity index is 1.30. The second kappa shape index (κ2) is 9.06. The standard InChI is InChI=1S/C21H24N2O3/c1-16(18-6-3-2-4-7-18)25-12-5-11-22-21(24)23-15-17-8-9-19-10-13-26-20(19)14-17/h2-4,6-10,13-14,16H,5,11-12,15H2,1H3,(H2,22,23,24). The van der Waals surface area contributed by atoms with Crippen LogP contribution in [0, 0.1) is 0 Å². The minimum absolute atomic E-state index is 0.0570. The van der Waals surface area contributed by atoms with E-state index in [2.05, 4.69) is 22.8 Å². The van der Waals surface area contributed by atoms with Crippen molar-refractivity contribution in [3.05, 3.63) is 72.0 Å². The molecule has 2 N–H and O–H groups in total. The molecule has 3 aromatic rings. The predicted molar refractivity (Wildman–Crippen MR) is 102 cm³/mol. The smallest absolute Gasteiger partial charge is 0.315 e. The molecule has 0 saturated heterocycles. The van der Waals surface area contributed by atoms with Crippen molar-refractivity contribution in [2.24, 2.45) is 0 Å². The average Bonchev–Trinajstić information content (AvgIpc) is 3.14. The van der Waals surface area contributed by atoms with Gasteiger partial charge in [-0.3, -0.25) is 0 Å². The summed E-state index contributed by atoms with van der Waals surface area (Å²) in [5, 5.41) is 6.75. The van der Waals surface area contributed by atoms with Crippen LogP contribution in [-0.4, -0.2) is 19.2 Å². The lowest BCUT2D eigenvalue weighted by molar-refractivity contribution is 0.0644. The molecule has 0 spiro atoms. The van der Waals surface area contributed by atoms with Crippen molar-refractivity contribution < 1.29 is 13.9 Å². The largest absolute Gasteiger partial charge is 0.464 e. The number of amides is 2. The highest BCUT2D eigenvalue weighted by Crippen LogP contribution is 2.17. The molecule has 26 heavy (non-hydrogen) atoms. The lowest BCUT2D eigenvalue weighted by Gasteiger charge is -2.13. The molecule has 136 valence electrons. The lowest BCUT2D eigenvalue weighted by Crippen LogP contribution is -2.35. The quantitative estimate of drug-likeness (QED) is 0.591. The molecule has 0 radical (unpaired) electrons. The molecule has 0 fully saturated rings. The van der Waals surface area contributed by atoms with E-state index >= 15 is 0 Å². The van der Waals surface area contributed by atoms with Crippen LogP contribution in [-0.2, 0) is 11.3 Å². The molecule has 1 aromatic heterocycles. The fourth-order valence-corrected chi connectivity index (χ4v) is 2.71. The third kappa shape index (κ3) is 5.10. The zero-order valence-corrected chi connectivity index (χ0v) is 14.9. The minimum atomic E-state index is -0.180. The summed E-state index contributed by atoms with van der Waals surface area (Å²) in [4.78, 5) is 11.9. The summed E-state index contributed by atoms with van der Waals surface area (Å²) in [5.41, 5.74) is 2.99. The van der Waals surface area contributed by atoms with Crippen molar-refractivity contribution in [3.8, 4) is 0 Å². The number of ether oxygens (including phenoxy) is 1. The molecule has 0 aliphatic heterocycles. The highest BCUT2D eigenvalue weighted by atomic mass is 16.5. The molecule has 0 aliphatic rings. The molecule has 3 rings (SSSR count). The third-order valence-corrected chi connectivity index (χ3v) is 4.22. The Kier molecular flexibility index (Phi) is 6.28. The maximum absolute atomic E-state index is 11.9. The Morgan fingerprint density at radius 3 is 2.81 bits per heavy atom. The summed E-state index contributed by atoms with van der Waals surface area (Å²) in [6.45, 7) is 3.67. The number of hydrogen-bond donors (Lipinski definition) is 2. The molecule has 2 aromatic carbocycles. The topological polar surface area (TPSA) is 63.5 Å². The highest BCUT2D eigenvalue weighted by molar-refractivity contribution is 5.78. The van der Waals surface area contributed by atoms with E-state index in [0.29, 0.717) is 19.7 Å². The van der Waals surface area contributed by atoms with Crippen molar-refractivity contribution in [1.29, 1.82) is 0 Å². The van der Waals surface area contributed by atoms with E-state index in [9.17, 15) is 4.79 Å². The highest BCUT2D eigenvalue weighted by Gasteiger charge is 2.05. The van der Waals surface area contributed by atoms with Gasteiger partial charge in [-0.05, 0) is 36.6 Å². The van der Waals surface area contributed by atoms with E-state index in [-0.39, 0.29) is 12.1 Å². The van der Waals surface area contributed by atoms with Crippen LogP contribution in [0.25, 0.3) is 11.0 Å². The van der Waals surface area contributed by atoms with Crippen LogP contribution < -0.4 is 10.6 Å². The van der Waals surface area contributed by atoms with Gasteiger partial charge in [0.15, 0.2) is 0 Å². The lowest BCUT2D eigenvalue weighted by atomic mass is 10.1. The SMILES string of the molecule is CC(OCCCNC(=O)NCc1ccc2ccoc2c1)c1ccccc1.